The highest BCUT2D eigenvalue weighted by Gasteiger charge is 2.21. The smallest absolute Gasteiger partial charge is 0.0843 e. The molecule has 11 heavy (non-hydrogen) atoms. The maximum atomic E-state index is 9.42. The van der Waals surface area contributed by atoms with Gasteiger partial charge in [0, 0.05) is 6.04 Å². The highest BCUT2D eigenvalue weighted by molar-refractivity contribution is 4.84. The van der Waals surface area contributed by atoms with Crippen molar-refractivity contribution in [1.82, 2.24) is 5.32 Å². The van der Waals surface area contributed by atoms with Crippen molar-refractivity contribution in [3.05, 3.63) is 0 Å². The normalized spacial score (nSPS) is 31.3. The first-order valence-corrected chi connectivity index (χ1v) is 4.13. The van der Waals surface area contributed by atoms with Crippen LogP contribution in [0.5, 0.6) is 0 Å². The summed E-state index contributed by atoms with van der Waals surface area (Å²) in [6.07, 6.45) is 3.93. The summed E-state index contributed by atoms with van der Waals surface area (Å²) in [7, 11) is 0. The Bertz CT molecular complexity index is 153. The fraction of sp³-hybridized carbons (Fsp3) is 0.875. The topological polar surface area (TPSA) is 56.0 Å². The molecule has 0 heterocycles. The minimum Gasteiger partial charge on any atom is -0.392 e. The summed E-state index contributed by atoms with van der Waals surface area (Å²) in [5.41, 5.74) is 0. The van der Waals surface area contributed by atoms with Gasteiger partial charge in [-0.25, -0.2) is 0 Å². The molecule has 0 aromatic rings. The van der Waals surface area contributed by atoms with E-state index in [2.05, 4.69) is 5.32 Å². The largest absolute Gasteiger partial charge is 0.392 e. The minimum absolute atomic E-state index is 0.156. The molecule has 2 N–H and O–H groups in total. The van der Waals surface area contributed by atoms with Gasteiger partial charge in [0.15, 0.2) is 0 Å². The Balaban J connectivity index is 2.25. The van der Waals surface area contributed by atoms with Crippen LogP contribution in [0.2, 0.25) is 0 Å². The third-order valence-corrected chi connectivity index (χ3v) is 2.17. The predicted octanol–water partition coefficient (Wildman–Crippen LogP) is 0.403. The molecule has 62 valence electrons. The Morgan fingerprint density at radius 1 is 1.45 bits per heavy atom. The molecule has 2 unspecified atom stereocenters. The zero-order valence-electron chi connectivity index (χ0n) is 6.58. The highest BCUT2D eigenvalue weighted by Crippen LogP contribution is 2.17. The minimum atomic E-state index is -0.239. The van der Waals surface area contributed by atoms with Gasteiger partial charge in [-0.3, -0.25) is 5.32 Å². The van der Waals surface area contributed by atoms with E-state index in [1.54, 1.807) is 0 Å². The van der Waals surface area contributed by atoms with Gasteiger partial charge < -0.3 is 5.11 Å². The van der Waals surface area contributed by atoms with Crippen LogP contribution in [0.1, 0.15) is 25.7 Å². The lowest BCUT2D eigenvalue weighted by atomic mass is 9.93. The Labute approximate surface area is 67.0 Å². The van der Waals surface area contributed by atoms with Gasteiger partial charge in [0.1, 0.15) is 0 Å². The number of nitrogens with one attached hydrogen (secondary N) is 1. The summed E-state index contributed by atoms with van der Waals surface area (Å²) >= 11 is 0. The van der Waals surface area contributed by atoms with Crippen LogP contribution < -0.4 is 5.32 Å². The quantitative estimate of drug-likeness (QED) is 0.566. The number of hydrogen-bond acceptors (Lipinski definition) is 3. The second-order valence-corrected chi connectivity index (χ2v) is 3.00. The van der Waals surface area contributed by atoms with Crippen molar-refractivity contribution >= 4 is 0 Å². The van der Waals surface area contributed by atoms with E-state index in [0.29, 0.717) is 6.54 Å². The second-order valence-electron chi connectivity index (χ2n) is 3.00. The van der Waals surface area contributed by atoms with Crippen LogP contribution in [0.3, 0.4) is 0 Å². The molecular weight excluding hydrogens is 140 g/mol. The monoisotopic (exact) mass is 154 g/mol. The maximum Gasteiger partial charge on any atom is 0.0843 e. The fourth-order valence-electron chi connectivity index (χ4n) is 1.53. The summed E-state index contributed by atoms with van der Waals surface area (Å²) in [5, 5.41) is 20.7. The third-order valence-electron chi connectivity index (χ3n) is 2.17. The van der Waals surface area contributed by atoms with Crippen molar-refractivity contribution in [3.8, 4) is 6.07 Å². The molecular formula is C8H14N2O. The van der Waals surface area contributed by atoms with Crippen LogP contribution in [0, 0.1) is 11.3 Å². The van der Waals surface area contributed by atoms with Crippen molar-refractivity contribution in [2.45, 2.75) is 37.8 Å². The Morgan fingerprint density at radius 3 is 2.82 bits per heavy atom. The van der Waals surface area contributed by atoms with E-state index in [-0.39, 0.29) is 12.1 Å². The average molecular weight is 154 g/mol. The summed E-state index contributed by atoms with van der Waals surface area (Å²) in [4.78, 5) is 0. The molecule has 1 aliphatic carbocycles. The molecule has 1 aliphatic rings. The summed E-state index contributed by atoms with van der Waals surface area (Å²) < 4.78 is 0. The zero-order chi connectivity index (χ0) is 8.10. The molecule has 1 rings (SSSR count). The second kappa shape index (κ2) is 4.32. The Kier molecular flexibility index (Phi) is 3.34. The standard InChI is InChI=1S/C8H14N2O/c9-5-6-10-7-3-1-2-4-8(7)11/h7-8,10-11H,1-4,6H2. The molecule has 1 fully saturated rings. The van der Waals surface area contributed by atoms with Crippen molar-refractivity contribution in [2.24, 2.45) is 0 Å². The predicted molar refractivity (Wildman–Crippen MR) is 41.9 cm³/mol. The van der Waals surface area contributed by atoms with Gasteiger partial charge in [-0.05, 0) is 12.8 Å². The van der Waals surface area contributed by atoms with E-state index < -0.39 is 0 Å². The van der Waals surface area contributed by atoms with E-state index in [1.807, 2.05) is 6.07 Å². The molecule has 2 atom stereocenters. The van der Waals surface area contributed by atoms with E-state index in [1.165, 1.54) is 6.42 Å². The van der Waals surface area contributed by atoms with Crippen LogP contribution in [0.4, 0.5) is 0 Å². The first-order valence-electron chi connectivity index (χ1n) is 4.13. The number of nitriles is 1. The summed E-state index contributed by atoms with van der Waals surface area (Å²) in [6, 6.07) is 2.17. The van der Waals surface area contributed by atoms with Gasteiger partial charge in [-0.1, -0.05) is 12.8 Å². The number of aliphatic hydroxyl groups is 1. The van der Waals surface area contributed by atoms with Gasteiger partial charge >= 0.3 is 0 Å². The molecule has 0 amide bonds. The summed E-state index contributed by atoms with van der Waals surface area (Å²) in [5.74, 6) is 0. The van der Waals surface area contributed by atoms with Crippen LogP contribution in [-0.4, -0.2) is 23.8 Å². The molecule has 0 bridgehead atoms. The van der Waals surface area contributed by atoms with Crippen molar-refractivity contribution < 1.29 is 5.11 Å². The van der Waals surface area contributed by atoms with Crippen LogP contribution in [0.25, 0.3) is 0 Å². The lowest BCUT2D eigenvalue weighted by molar-refractivity contribution is 0.0931. The highest BCUT2D eigenvalue weighted by atomic mass is 16.3. The SMILES string of the molecule is N#CCNC1CCCCC1O. The van der Waals surface area contributed by atoms with Crippen molar-refractivity contribution in [2.75, 3.05) is 6.54 Å². The fourth-order valence-corrected chi connectivity index (χ4v) is 1.53. The lowest BCUT2D eigenvalue weighted by Crippen LogP contribution is -2.42. The zero-order valence-corrected chi connectivity index (χ0v) is 6.58. The number of rotatable bonds is 2. The Hall–Kier alpha value is -0.590. The van der Waals surface area contributed by atoms with Gasteiger partial charge in [-0.2, -0.15) is 5.26 Å². The van der Waals surface area contributed by atoms with Crippen LogP contribution in [0.15, 0.2) is 0 Å². The Morgan fingerprint density at radius 2 is 2.18 bits per heavy atom. The van der Waals surface area contributed by atoms with E-state index in [0.717, 1.165) is 19.3 Å². The van der Waals surface area contributed by atoms with Crippen LogP contribution >= 0.6 is 0 Å². The maximum absolute atomic E-state index is 9.42. The molecule has 1 saturated carbocycles. The number of aliphatic hydroxyl groups excluding tert-OH is 1. The van der Waals surface area contributed by atoms with E-state index >= 15 is 0 Å². The molecule has 0 spiro atoms. The molecule has 0 aromatic heterocycles. The van der Waals surface area contributed by atoms with Gasteiger partial charge in [0.05, 0.1) is 18.7 Å². The first-order chi connectivity index (χ1) is 5.34. The molecule has 3 nitrogen and oxygen atoms in total. The van der Waals surface area contributed by atoms with Gasteiger partial charge in [0.25, 0.3) is 0 Å². The molecule has 0 aromatic carbocycles. The van der Waals surface area contributed by atoms with Gasteiger partial charge in [0.2, 0.25) is 0 Å². The third kappa shape index (κ3) is 2.49. The summed E-state index contributed by atoms with van der Waals surface area (Å²) in [6.45, 7) is 0.349. The molecule has 3 heteroatoms. The van der Waals surface area contributed by atoms with Gasteiger partial charge in [-0.15, -0.1) is 0 Å². The van der Waals surface area contributed by atoms with Crippen LogP contribution in [-0.2, 0) is 0 Å². The van der Waals surface area contributed by atoms with E-state index in [9.17, 15) is 5.11 Å². The van der Waals surface area contributed by atoms with Crippen molar-refractivity contribution in [1.29, 1.82) is 5.26 Å². The lowest BCUT2D eigenvalue weighted by Gasteiger charge is -2.27. The first kappa shape index (κ1) is 8.51. The number of nitrogens with zero attached hydrogens (tertiary/aromatic N) is 1. The van der Waals surface area contributed by atoms with E-state index in [4.69, 9.17) is 5.26 Å². The molecule has 0 radical (unpaired) electrons. The van der Waals surface area contributed by atoms with Crippen molar-refractivity contribution in [3.63, 3.8) is 0 Å². The number of hydrogen-bond donors (Lipinski definition) is 2. The molecule has 0 aliphatic heterocycles. The molecule has 0 saturated heterocycles. The average Bonchev–Trinajstić information content (AvgIpc) is 2.03.